The van der Waals surface area contributed by atoms with Crippen molar-refractivity contribution in [2.45, 2.75) is 12.5 Å². The number of nitrogens with zero attached hydrogens (tertiary/aromatic N) is 1. The molecule has 0 saturated carbocycles. The zero-order valence-corrected chi connectivity index (χ0v) is 20.4. The molecule has 9 heteroatoms. The van der Waals surface area contributed by atoms with E-state index in [1.807, 2.05) is 0 Å². The number of benzene rings is 3. The number of ether oxygens (including phenoxy) is 3. The summed E-state index contributed by atoms with van der Waals surface area (Å²) in [7, 11) is 4.18. The first-order valence-electron chi connectivity index (χ1n) is 11.3. The maximum atomic E-state index is 13.4. The Morgan fingerprint density at radius 2 is 1.59 bits per heavy atom. The summed E-state index contributed by atoms with van der Waals surface area (Å²) in [6, 6.07) is 16.3. The van der Waals surface area contributed by atoms with Crippen LogP contribution in [0.25, 0.3) is 5.76 Å². The molecule has 0 aliphatic carbocycles. The monoisotopic (exact) mass is 503 g/mol. The van der Waals surface area contributed by atoms with E-state index >= 15 is 0 Å². The summed E-state index contributed by atoms with van der Waals surface area (Å²) >= 11 is 0. The number of carbonyl (C=O) groups is 3. The van der Waals surface area contributed by atoms with Crippen molar-refractivity contribution < 1.29 is 38.8 Å². The molecule has 1 aliphatic heterocycles. The van der Waals surface area contributed by atoms with Gasteiger partial charge in [-0.2, -0.15) is 0 Å². The predicted molar refractivity (Wildman–Crippen MR) is 135 cm³/mol. The fourth-order valence-electron chi connectivity index (χ4n) is 4.23. The molecule has 190 valence electrons. The van der Waals surface area contributed by atoms with Crippen LogP contribution in [-0.2, 0) is 25.5 Å². The Balaban J connectivity index is 1.89. The van der Waals surface area contributed by atoms with Gasteiger partial charge in [0.15, 0.2) is 0 Å². The van der Waals surface area contributed by atoms with Gasteiger partial charge in [-0.15, -0.1) is 0 Å². The zero-order chi connectivity index (χ0) is 26.7. The largest absolute Gasteiger partial charge is 0.508 e. The van der Waals surface area contributed by atoms with Gasteiger partial charge in [0, 0.05) is 5.69 Å². The number of hydrogen-bond acceptors (Lipinski definition) is 8. The van der Waals surface area contributed by atoms with Crippen molar-refractivity contribution in [2.24, 2.45) is 0 Å². The molecular formula is C28H25NO8. The first-order chi connectivity index (χ1) is 17.8. The summed E-state index contributed by atoms with van der Waals surface area (Å²) in [5, 5.41) is 21.2. The second-order valence-corrected chi connectivity index (χ2v) is 8.25. The highest BCUT2D eigenvalue weighted by Crippen LogP contribution is 2.44. The lowest BCUT2D eigenvalue weighted by Gasteiger charge is -2.26. The number of amides is 1. The number of phenols is 1. The van der Waals surface area contributed by atoms with Crippen LogP contribution in [0, 0.1) is 0 Å². The third-order valence-electron chi connectivity index (χ3n) is 6.11. The van der Waals surface area contributed by atoms with Crippen molar-refractivity contribution in [3.05, 3.63) is 89.0 Å². The van der Waals surface area contributed by atoms with Gasteiger partial charge in [-0.3, -0.25) is 19.3 Å². The van der Waals surface area contributed by atoms with Crippen molar-refractivity contribution in [1.82, 2.24) is 0 Å². The Bertz CT molecular complexity index is 1380. The maximum Gasteiger partial charge on any atom is 0.309 e. The Labute approximate surface area is 213 Å². The molecule has 0 aromatic heterocycles. The summed E-state index contributed by atoms with van der Waals surface area (Å²) in [5.74, 6) is -1.88. The smallest absolute Gasteiger partial charge is 0.309 e. The highest BCUT2D eigenvalue weighted by Gasteiger charge is 2.47. The van der Waals surface area contributed by atoms with Crippen LogP contribution in [0.15, 0.2) is 72.3 Å². The molecule has 0 spiro atoms. The van der Waals surface area contributed by atoms with Gasteiger partial charge in [0.25, 0.3) is 11.7 Å². The van der Waals surface area contributed by atoms with Crippen molar-refractivity contribution in [3.63, 3.8) is 0 Å². The highest BCUT2D eigenvalue weighted by atomic mass is 16.5. The van der Waals surface area contributed by atoms with E-state index in [1.165, 1.54) is 44.4 Å². The molecule has 37 heavy (non-hydrogen) atoms. The standard InChI is InChI=1S/C28H25NO8/c1-35-20-12-13-22(36-2)21(15-20)26(32)24-25(17-6-10-19(30)11-7-17)29(28(34)27(24)33)18-8-4-16(5-9-18)14-23(31)37-3/h4-13,15,25,30,32H,14H2,1-3H3/b26-24+. The first-order valence-corrected chi connectivity index (χ1v) is 11.3. The molecule has 1 saturated heterocycles. The molecule has 4 rings (SSSR count). The summed E-state index contributed by atoms with van der Waals surface area (Å²) < 4.78 is 15.3. The molecule has 1 amide bonds. The van der Waals surface area contributed by atoms with Gasteiger partial charge >= 0.3 is 5.97 Å². The van der Waals surface area contributed by atoms with E-state index < -0.39 is 29.5 Å². The fourth-order valence-corrected chi connectivity index (χ4v) is 4.23. The van der Waals surface area contributed by atoms with E-state index in [0.29, 0.717) is 22.6 Å². The average molecular weight is 504 g/mol. The Morgan fingerprint density at radius 1 is 0.919 bits per heavy atom. The van der Waals surface area contributed by atoms with Crippen molar-refractivity contribution >= 4 is 29.1 Å². The molecule has 9 nitrogen and oxygen atoms in total. The van der Waals surface area contributed by atoms with E-state index in [9.17, 15) is 24.6 Å². The number of methoxy groups -OCH3 is 3. The summed E-state index contributed by atoms with van der Waals surface area (Å²) in [5.41, 5.74) is 1.55. The zero-order valence-electron chi connectivity index (χ0n) is 20.4. The van der Waals surface area contributed by atoms with Gasteiger partial charge in [-0.25, -0.2) is 0 Å². The molecule has 1 aliphatic rings. The summed E-state index contributed by atoms with van der Waals surface area (Å²) in [4.78, 5) is 39.6. The van der Waals surface area contributed by atoms with E-state index in [2.05, 4.69) is 0 Å². The average Bonchev–Trinajstić information content (AvgIpc) is 3.18. The van der Waals surface area contributed by atoms with Crippen molar-refractivity contribution in [3.8, 4) is 17.2 Å². The third kappa shape index (κ3) is 4.84. The molecule has 1 atom stereocenters. The van der Waals surface area contributed by atoms with Crippen molar-refractivity contribution in [1.29, 1.82) is 0 Å². The van der Waals surface area contributed by atoms with Crippen LogP contribution in [0.5, 0.6) is 17.2 Å². The number of Topliss-reactive ketones (excluding diaryl/α,β-unsaturated/α-hetero) is 1. The van der Waals surface area contributed by atoms with Crippen molar-refractivity contribution in [2.75, 3.05) is 26.2 Å². The van der Waals surface area contributed by atoms with Crippen LogP contribution in [0.2, 0.25) is 0 Å². The van der Waals surface area contributed by atoms with Crippen LogP contribution in [0.4, 0.5) is 5.69 Å². The van der Waals surface area contributed by atoms with Crippen LogP contribution in [-0.4, -0.2) is 49.2 Å². The number of carbonyl (C=O) groups excluding carboxylic acids is 3. The number of aliphatic hydroxyl groups is 1. The number of hydrogen-bond donors (Lipinski definition) is 2. The predicted octanol–water partition coefficient (Wildman–Crippen LogP) is 3.75. The van der Waals surface area contributed by atoms with E-state index in [4.69, 9.17) is 14.2 Å². The number of rotatable bonds is 7. The second kappa shape index (κ2) is 10.4. The fraction of sp³-hybridized carbons (Fsp3) is 0.179. The summed E-state index contributed by atoms with van der Waals surface area (Å²) in [6.45, 7) is 0. The van der Waals surface area contributed by atoms with E-state index in [-0.39, 0.29) is 29.1 Å². The number of esters is 1. The SMILES string of the molecule is COC(=O)Cc1ccc(N2C(=O)C(=O)/C(=C(/O)c3cc(OC)ccc3OC)C2c2ccc(O)cc2)cc1. The lowest BCUT2D eigenvalue weighted by Crippen LogP contribution is -2.29. The molecule has 0 radical (unpaired) electrons. The number of aromatic hydroxyl groups is 1. The van der Waals surface area contributed by atoms with Gasteiger partial charge in [-0.05, 0) is 53.6 Å². The topological polar surface area (TPSA) is 123 Å². The first kappa shape index (κ1) is 25.3. The Hall–Kier alpha value is -4.79. The molecule has 3 aromatic rings. The minimum atomic E-state index is -1.01. The maximum absolute atomic E-state index is 13.4. The number of aliphatic hydroxyl groups excluding tert-OH is 1. The lowest BCUT2D eigenvalue weighted by molar-refractivity contribution is -0.139. The minimum absolute atomic E-state index is 0.00216. The highest BCUT2D eigenvalue weighted by molar-refractivity contribution is 6.51. The number of ketones is 1. The lowest BCUT2D eigenvalue weighted by atomic mass is 9.94. The van der Waals surface area contributed by atoms with Crippen LogP contribution in [0.1, 0.15) is 22.7 Å². The van der Waals surface area contributed by atoms with Gasteiger partial charge in [0.05, 0.1) is 44.9 Å². The molecule has 3 aromatic carbocycles. The third-order valence-corrected chi connectivity index (χ3v) is 6.11. The van der Waals surface area contributed by atoms with Crippen LogP contribution < -0.4 is 14.4 Å². The Kier molecular flexibility index (Phi) is 7.15. The minimum Gasteiger partial charge on any atom is -0.508 e. The van der Waals surface area contributed by atoms with Gasteiger partial charge in [0.1, 0.15) is 23.0 Å². The van der Waals surface area contributed by atoms with E-state index in [0.717, 1.165) is 0 Å². The summed E-state index contributed by atoms with van der Waals surface area (Å²) in [6.07, 6.45) is 0.0482. The molecule has 1 unspecified atom stereocenters. The van der Waals surface area contributed by atoms with Gasteiger partial charge in [-0.1, -0.05) is 24.3 Å². The van der Waals surface area contributed by atoms with Crippen LogP contribution in [0.3, 0.4) is 0 Å². The molecule has 1 heterocycles. The molecular weight excluding hydrogens is 478 g/mol. The van der Waals surface area contributed by atoms with Crippen LogP contribution >= 0.6 is 0 Å². The number of anilines is 1. The quantitative estimate of drug-likeness (QED) is 0.216. The van der Waals surface area contributed by atoms with Gasteiger partial charge in [0.2, 0.25) is 0 Å². The molecule has 2 N–H and O–H groups in total. The Morgan fingerprint density at radius 3 is 2.19 bits per heavy atom. The second-order valence-electron chi connectivity index (χ2n) is 8.25. The number of phenolic OH excluding ortho intramolecular Hbond substituents is 1. The normalized spacial score (nSPS) is 16.5. The van der Waals surface area contributed by atoms with Gasteiger partial charge < -0.3 is 24.4 Å². The van der Waals surface area contributed by atoms with E-state index in [1.54, 1.807) is 48.5 Å². The molecule has 1 fully saturated rings. The molecule has 0 bridgehead atoms.